The minimum absolute atomic E-state index is 0.0325. The highest BCUT2D eigenvalue weighted by Gasteiger charge is 2.23. The van der Waals surface area contributed by atoms with Crippen molar-refractivity contribution < 1.29 is 14.1 Å². The zero-order chi connectivity index (χ0) is 23.8. The molecule has 0 aliphatic carbocycles. The zero-order valence-corrected chi connectivity index (χ0v) is 19.2. The lowest BCUT2D eigenvalue weighted by Gasteiger charge is -2.33. The van der Waals surface area contributed by atoms with E-state index in [4.69, 9.17) is 9.26 Å². The van der Waals surface area contributed by atoms with Crippen LogP contribution >= 0.6 is 0 Å². The Morgan fingerprint density at radius 3 is 2.94 bits per heavy atom. The van der Waals surface area contributed by atoms with E-state index in [-0.39, 0.29) is 18.1 Å². The highest BCUT2D eigenvalue weighted by molar-refractivity contribution is 5.94. The molecule has 3 aromatic heterocycles. The van der Waals surface area contributed by atoms with Crippen molar-refractivity contribution in [3.63, 3.8) is 0 Å². The van der Waals surface area contributed by atoms with Gasteiger partial charge in [-0.25, -0.2) is 4.98 Å². The van der Waals surface area contributed by atoms with Crippen molar-refractivity contribution in [3.05, 3.63) is 52.4 Å². The van der Waals surface area contributed by atoms with Gasteiger partial charge in [-0.1, -0.05) is 11.2 Å². The van der Waals surface area contributed by atoms with Crippen molar-refractivity contribution in [3.8, 4) is 5.75 Å². The maximum Gasteiger partial charge on any atom is 0.281 e. The van der Waals surface area contributed by atoms with Crippen LogP contribution in [-0.4, -0.2) is 57.8 Å². The molecule has 3 aliphatic rings. The van der Waals surface area contributed by atoms with Crippen molar-refractivity contribution in [1.82, 2.24) is 24.9 Å². The lowest BCUT2D eigenvalue weighted by molar-refractivity contribution is -0.118. The molecule has 35 heavy (non-hydrogen) atoms. The van der Waals surface area contributed by atoms with Gasteiger partial charge in [-0.05, 0) is 44.3 Å². The van der Waals surface area contributed by atoms with Crippen LogP contribution in [0.3, 0.4) is 0 Å². The van der Waals surface area contributed by atoms with Gasteiger partial charge >= 0.3 is 0 Å². The molecule has 11 nitrogen and oxygen atoms in total. The van der Waals surface area contributed by atoms with Gasteiger partial charge in [0.25, 0.3) is 11.5 Å². The van der Waals surface area contributed by atoms with Crippen LogP contribution in [0.4, 0.5) is 11.5 Å². The predicted molar refractivity (Wildman–Crippen MR) is 129 cm³/mol. The molecule has 0 atom stereocenters. The molecule has 3 N–H and O–H groups in total. The first-order valence-corrected chi connectivity index (χ1v) is 12.0. The Bertz CT molecular complexity index is 1350. The van der Waals surface area contributed by atoms with Crippen molar-refractivity contribution in [2.75, 3.05) is 36.9 Å². The predicted octanol–water partition coefficient (Wildman–Crippen LogP) is 1.45. The number of amides is 1. The molecule has 11 heteroatoms. The van der Waals surface area contributed by atoms with Gasteiger partial charge in [-0.2, -0.15) is 0 Å². The Hall–Kier alpha value is -3.70. The van der Waals surface area contributed by atoms with E-state index in [0.717, 1.165) is 54.9 Å². The molecule has 3 aromatic rings. The molecule has 0 radical (unpaired) electrons. The minimum Gasteiger partial charge on any atom is -0.480 e. The molecule has 6 heterocycles. The van der Waals surface area contributed by atoms with E-state index in [1.807, 2.05) is 29.0 Å². The Labute approximate surface area is 201 Å². The number of nitrogens with one attached hydrogen (secondary N) is 3. The number of allylic oxidation sites excluding steroid dienone is 1. The van der Waals surface area contributed by atoms with E-state index in [0.29, 0.717) is 42.6 Å². The lowest BCUT2D eigenvalue weighted by Crippen LogP contribution is -2.44. The van der Waals surface area contributed by atoms with E-state index in [2.05, 4.69) is 31.0 Å². The van der Waals surface area contributed by atoms with E-state index in [1.165, 1.54) is 6.26 Å². The summed E-state index contributed by atoms with van der Waals surface area (Å²) in [5.74, 6) is 0.915. The molecule has 0 aromatic carbocycles. The number of carbonyl (C=O) groups excluding carboxylic acids is 1. The fourth-order valence-corrected chi connectivity index (χ4v) is 4.99. The number of nitrogens with zero attached hydrogens (tertiary/aromatic N) is 4. The van der Waals surface area contributed by atoms with Crippen LogP contribution in [0.5, 0.6) is 5.75 Å². The second-order valence-corrected chi connectivity index (χ2v) is 9.09. The number of anilines is 2. The van der Waals surface area contributed by atoms with E-state index < -0.39 is 0 Å². The van der Waals surface area contributed by atoms with Gasteiger partial charge < -0.3 is 34.7 Å². The van der Waals surface area contributed by atoms with Gasteiger partial charge in [0.05, 0.1) is 16.8 Å². The molecule has 6 rings (SSSR count). The van der Waals surface area contributed by atoms with Crippen LogP contribution in [0, 0.1) is 0 Å². The highest BCUT2D eigenvalue weighted by Crippen LogP contribution is 2.28. The van der Waals surface area contributed by atoms with Gasteiger partial charge in [-0.3, -0.25) is 9.59 Å². The van der Waals surface area contributed by atoms with Gasteiger partial charge in [0.15, 0.2) is 23.7 Å². The SMILES string of the molecule is O=C1COc2ccc(CNC3CCN(CCn4c5c(c6conc6c4=O)NC=CC5)CC3)nc2N1. The maximum atomic E-state index is 13.0. The molecular weight excluding hydrogens is 450 g/mol. The van der Waals surface area contributed by atoms with Crippen LogP contribution < -0.4 is 26.2 Å². The van der Waals surface area contributed by atoms with Crippen molar-refractivity contribution in [2.24, 2.45) is 0 Å². The summed E-state index contributed by atoms with van der Waals surface area (Å²) in [4.78, 5) is 31.5. The zero-order valence-electron chi connectivity index (χ0n) is 19.2. The molecule has 0 saturated carbocycles. The molecule has 1 saturated heterocycles. The van der Waals surface area contributed by atoms with E-state index >= 15 is 0 Å². The third kappa shape index (κ3) is 4.28. The molecule has 3 aliphatic heterocycles. The van der Waals surface area contributed by atoms with Gasteiger partial charge in [0.2, 0.25) is 0 Å². The number of aromatic nitrogens is 3. The maximum absolute atomic E-state index is 13.0. The number of pyridine rings is 2. The van der Waals surface area contributed by atoms with Crippen molar-refractivity contribution >= 4 is 28.3 Å². The average molecular weight is 478 g/mol. The summed E-state index contributed by atoms with van der Waals surface area (Å²) in [6.07, 6.45) is 8.19. The minimum atomic E-state index is -0.182. The second-order valence-electron chi connectivity index (χ2n) is 9.09. The summed E-state index contributed by atoms with van der Waals surface area (Å²) in [7, 11) is 0. The largest absolute Gasteiger partial charge is 0.480 e. The first-order chi connectivity index (χ1) is 17.2. The molecule has 0 bridgehead atoms. The van der Waals surface area contributed by atoms with Crippen molar-refractivity contribution in [2.45, 2.75) is 38.4 Å². The Morgan fingerprint density at radius 2 is 2.06 bits per heavy atom. The number of hydrogen-bond donors (Lipinski definition) is 3. The first kappa shape index (κ1) is 21.8. The standard InChI is InChI=1S/C24H27N7O4/c32-20-14-34-19-4-3-16(27-23(19)28-20)12-26-15-5-8-30(9-6-15)10-11-31-18-2-1-7-25-21(18)17-13-35-29-22(17)24(31)33/h1,3-4,7,13,15,25-26H,2,5-6,8-12,14H2,(H,27,28,32). The second kappa shape index (κ2) is 9.16. The molecular formula is C24H27N7O4. The van der Waals surface area contributed by atoms with Crippen molar-refractivity contribution in [1.29, 1.82) is 0 Å². The van der Waals surface area contributed by atoms with E-state index in [9.17, 15) is 9.59 Å². The Kier molecular flexibility index (Phi) is 5.71. The lowest BCUT2D eigenvalue weighted by atomic mass is 10.0. The summed E-state index contributed by atoms with van der Waals surface area (Å²) < 4.78 is 12.3. The first-order valence-electron chi connectivity index (χ1n) is 12.0. The van der Waals surface area contributed by atoms with Gasteiger partial charge in [0.1, 0.15) is 6.26 Å². The van der Waals surface area contributed by atoms with Crippen LogP contribution in [0.1, 0.15) is 24.2 Å². The van der Waals surface area contributed by atoms with Crippen LogP contribution in [0.2, 0.25) is 0 Å². The van der Waals surface area contributed by atoms with Crippen LogP contribution in [-0.2, 0) is 24.3 Å². The summed E-state index contributed by atoms with van der Waals surface area (Å²) in [5, 5.41) is 14.3. The monoisotopic (exact) mass is 477 g/mol. The third-order valence-corrected chi connectivity index (χ3v) is 6.89. The quantitative estimate of drug-likeness (QED) is 0.483. The average Bonchev–Trinajstić information content (AvgIpc) is 3.38. The number of piperidine rings is 1. The fourth-order valence-electron chi connectivity index (χ4n) is 4.99. The normalized spacial score (nSPS) is 18.0. The number of fused-ring (bicyclic) bond motifs is 4. The molecule has 0 spiro atoms. The summed E-state index contributed by atoms with van der Waals surface area (Å²) >= 11 is 0. The Morgan fingerprint density at radius 1 is 1.17 bits per heavy atom. The molecule has 0 unspecified atom stereocenters. The molecule has 182 valence electrons. The van der Waals surface area contributed by atoms with Crippen LogP contribution in [0.25, 0.3) is 10.9 Å². The third-order valence-electron chi connectivity index (χ3n) is 6.89. The van der Waals surface area contributed by atoms with Gasteiger partial charge in [0, 0.05) is 37.8 Å². The topological polar surface area (TPSA) is 127 Å². The molecule has 1 amide bonds. The number of likely N-dealkylation sites (tertiary alicyclic amines) is 1. The van der Waals surface area contributed by atoms with Crippen LogP contribution in [0.15, 0.2) is 40.0 Å². The van der Waals surface area contributed by atoms with E-state index in [1.54, 1.807) is 0 Å². The number of hydrogen-bond acceptors (Lipinski definition) is 9. The fraction of sp³-hybridized carbons (Fsp3) is 0.417. The smallest absolute Gasteiger partial charge is 0.281 e. The summed E-state index contributed by atoms with van der Waals surface area (Å²) in [6, 6.07) is 4.17. The van der Waals surface area contributed by atoms with Gasteiger partial charge in [-0.15, -0.1) is 0 Å². The Balaban J connectivity index is 1.04. The summed E-state index contributed by atoms with van der Waals surface area (Å²) in [5.41, 5.74) is 3.03. The number of ether oxygens (including phenoxy) is 1. The summed E-state index contributed by atoms with van der Waals surface area (Å²) in [6.45, 7) is 4.00. The highest BCUT2D eigenvalue weighted by atomic mass is 16.5. The number of rotatable bonds is 6. The molecule has 1 fully saturated rings. The number of carbonyl (C=O) groups is 1.